The number of hydrogen-bond donors (Lipinski definition) is 3. The molecule has 0 radical (unpaired) electrons. The fourth-order valence-electron chi connectivity index (χ4n) is 4.53. The van der Waals surface area contributed by atoms with Crippen LogP contribution in [-0.2, 0) is 4.79 Å². The number of aliphatic hydroxyl groups excluding tert-OH is 2. The molecule has 0 aromatic carbocycles. The van der Waals surface area contributed by atoms with Gasteiger partial charge in [0.05, 0.1) is 18.8 Å². The van der Waals surface area contributed by atoms with E-state index >= 15 is 0 Å². The van der Waals surface area contributed by atoms with Gasteiger partial charge in [-0.3, -0.25) is 4.79 Å². The molecule has 3 N–H and O–H groups in total. The van der Waals surface area contributed by atoms with E-state index < -0.39 is 12.1 Å². The molecule has 0 heterocycles. The van der Waals surface area contributed by atoms with Crippen LogP contribution in [0.5, 0.6) is 0 Å². The molecule has 0 aliphatic heterocycles. The maximum atomic E-state index is 11.6. The van der Waals surface area contributed by atoms with Gasteiger partial charge in [-0.25, -0.2) is 0 Å². The van der Waals surface area contributed by atoms with Crippen LogP contribution in [-0.4, -0.2) is 34.9 Å². The quantitative estimate of drug-likeness (QED) is 0.0770. The molecule has 0 spiro atoms. The van der Waals surface area contributed by atoms with Crippen LogP contribution in [0.4, 0.5) is 0 Å². The molecule has 0 aromatic heterocycles. The first-order chi connectivity index (χ1) is 17.7. The van der Waals surface area contributed by atoms with Crippen LogP contribution in [0.2, 0.25) is 0 Å². The van der Waals surface area contributed by atoms with Gasteiger partial charge in [0.25, 0.3) is 0 Å². The summed E-state index contributed by atoms with van der Waals surface area (Å²) in [5.74, 6) is -0.128. The number of carbonyl (C=O) groups excluding carboxylic acids is 1. The molecule has 0 aliphatic rings. The summed E-state index contributed by atoms with van der Waals surface area (Å²) in [6.07, 6.45) is 35.3. The van der Waals surface area contributed by atoms with Crippen molar-refractivity contribution in [3.8, 4) is 0 Å². The lowest BCUT2D eigenvalue weighted by atomic mass is 10.0. The fourth-order valence-corrected chi connectivity index (χ4v) is 4.53. The zero-order valence-electron chi connectivity index (χ0n) is 24.0. The summed E-state index contributed by atoms with van der Waals surface area (Å²) in [7, 11) is 0. The molecule has 2 atom stereocenters. The van der Waals surface area contributed by atoms with Gasteiger partial charge in [0, 0.05) is 6.42 Å². The van der Waals surface area contributed by atoms with Crippen molar-refractivity contribution in [1.29, 1.82) is 0 Å². The molecule has 4 nitrogen and oxygen atoms in total. The van der Waals surface area contributed by atoms with Crippen molar-refractivity contribution in [2.24, 2.45) is 0 Å². The van der Waals surface area contributed by atoms with Gasteiger partial charge in [-0.2, -0.15) is 0 Å². The van der Waals surface area contributed by atoms with E-state index in [0.29, 0.717) is 6.42 Å². The first-order valence-corrected chi connectivity index (χ1v) is 15.6. The van der Waals surface area contributed by atoms with Crippen molar-refractivity contribution in [3.05, 3.63) is 24.3 Å². The third-order valence-electron chi connectivity index (χ3n) is 6.91. The Balaban J connectivity index is 3.43. The fraction of sp³-hybridized carbons (Fsp3) is 0.844. The van der Waals surface area contributed by atoms with Crippen molar-refractivity contribution >= 4 is 5.91 Å². The van der Waals surface area contributed by atoms with Crippen molar-refractivity contribution in [2.75, 3.05) is 6.61 Å². The third-order valence-corrected chi connectivity index (χ3v) is 6.91. The van der Waals surface area contributed by atoms with Crippen LogP contribution in [0.25, 0.3) is 0 Å². The number of unbranched alkanes of at least 4 members (excludes halogenated alkanes) is 18. The maximum Gasteiger partial charge on any atom is 0.220 e. The highest BCUT2D eigenvalue weighted by Crippen LogP contribution is 2.14. The molecule has 0 aliphatic carbocycles. The number of allylic oxidation sites excluding steroid dienone is 3. The van der Waals surface area contributed by atoms with Crippen molar-refractivity contribution < 1.29 is 15.0 Å². The molecule has 0 aromatic rings. The smallest absolute Gasteiger partial charge is 0.220 e. The highest BCUT2D eigenvalue weighted by Gasteiger charge is 2.17. The second kappa shape index (κ2) is 28.4. The monoisotopic (exact) mass is 507 g/mol. The highest BCUT2D eigenvalue weighted by atomic mass is 16.3. The molecule has 0 rings (SSSR count). The molecule has 1 amide bonds. The lowest BCUT2D eigenvalue weighted by Gasteiger charge is -2.19. The zero-order valence-corrected chi connectivity index (χ0v) is 24.0. The Bertz CT molecular complexity index is 518. The second-order valence-electron chi connectivity index (χ2n) is 10.5. The average Bonchev–Trinajstić information content (AvgIpc) is 2.87. The Kier molecular flexibility index (Phi) is 27.5. The van der Waals surface area contributed by atoms with Crippen LogP contribution in [0.15, 0.2) is 24.3 Å². The Hall–Kier alpha value is -1.13. The number of aliphatic hydroxyl groups is 2. The normalized spacial score (nSPS) is 13.6. The second-order valence-corrected chi connectivity index (χ2v) is 10.5. The summed E-state index contributed by atoms with van der Waals surface area (Å²) in [5, 5.41) is 22.2. The minimum atomic E-state index is -0.852. The standard InChI is InChI=1S/C32H61NO3/c1-3-5-6-7-8-9-10-11-12-13-14-15-16-17-18-19-20-21-22-23-24-25-26-28-31(35)30(29-34)33-32(36)27-4-2/h22-23,26,28,30-31,34-35H,3-21,24-25,27,29H2,1-2H3,(H,33,36)/b23-22+,28-26+. The number of carbonyl (C=O) groups is 1. The zero-order chi connectivity index (χ0) is 26.5. The van der Waals surface area contributed by atoms with E-state index in [2.05, 4.69) is 24.4 Å². The lowest BCUT2D eigenvalue weighted by Crippen LogP contribution is -2.45. The van der Waals surface area contributed by atoms with Crippen LogP contribution in [0, 0.1) is 0 Å². The first kappa shape index (κ1) is 34.9. The van der Waals surface area contributed by atoms with Crippen molar-refractivity contribution in [3.63, 3.8) is 0 Å². The Labute approximate surface area is 224 Å². The van der Waals surface area contributed by atoms with Crippen LogP contribution in [0.1, 0.15) is 155 Å². The number of rotatable bonds is 27. The maximum absolute atomic E-state index is 11.6. The summed E-state index contributed by atoms with van der Waals surface area (Å²) in [5.41, 5.74) is 0. The van der Waals surface area contributed by atoms with Crippen molar-refractivity contribution in [2.45, 2.75) is 167 Å². The van der Waals surface area contributed by atoms with Crippen LogP contribution >= 0.6 is 0 Å². The van der Waals surface area contributed by atoms with Gasteiger partial charge < -0.3 is 15.5 Å². The summed E-state index contributed by atoms with van der Waals surface area (Å²) in [6, 6.07) is -0.629. The summed E-state index contributed by atoms with van der Waals surface area (Å²) in [4.78, 5) is 11.6. The summed E-state index contributed by atoms with van der Waals surface area (Å²) in [6.45, 7) is 3.95. The van der Waals surface area contributed by atoms with Gasteiger partial charge in [0.15, 0.2) is 0 Å². The number of amides is 1. The van der Waals surface area contributed by atoms with E-state index in [4.69, 9.17) is 0 Å². The van der Waals surface area contributed by atoms with E-state index in [1.54, 1.807) is 6.08 Å². The van der Waals surface area contributed by atoms with E-state index in [1.807, 2.05) is 13.0 Å². The summed E-state index contributed by atoms with van der Waals surface area (Å²) < 4.78 is 0. The van der Waals surface area contributed by atoms with Crippen LogP contribution in [0.3, 0.4) is 0 Å². The lowest BCUT2D eigenvalue weighted by molar-refractivity contribution is -0.122. The molecule has 36 heavy (non-hydrogen) atoms. The number of nitrogens with one attached hydrogen (secondary N) is 1. The largest absolute Gasteiger partial charge is 0.394 e. The molecule has 0 fully saturated rings. The molecule has 2 unspecified atom stereocenters. The Morgan fingerprint density at radius 1 is 0.639 bits per heavy atom. The average molecular weight is 508 g/mol. The van der Waals surface area contributed by atoms with E-state index in [0.717, 1.165) is 25.7 Å². The highest BCUT2D eigenvalue weighted by molar-refractivity contribution is 5.76. The minimum absolute atomic E-state index is 0.128. The molecular weight excluding hydrogens is 446 g/mol. The van der Waals surface area contributed by atoms with E-state index in [-0.39, 0.29) is 12.5 Å². The van der Waals surface area contributed by atoms with E-state index in [9.17, 15) is 15.0 Å². The Morgan fingerprint density at radius 3 is 1.56 bits per heavy atom. The van der Waals surface area contributed by atoms with E-state index in [1.165, 1.54) is 109 Å². The first-order valence-electron chi connectivity index (χ1n) is 15.6. The molecule has 0 bridgehead atoms. The molecule has 0 saturated carbocycles. The third kappa shape index (κ3) is 24.6. The molecular formula is C32H61NO3. The Morgan fingerprint density at radius 2 is 1.08 bits per heavy atom. The van der Waals surface area contributed by atoms with Gasteiger partial charge in [0.1, 0.15) is 0 Å². The molecule has 4 heteroatoms. The van der Waals surface area contributed by atoms with Gasteiger partial charge in [-0.05, 0) is 32.1 Å². The molecule has 212 valence electrons. The van der Waals surface area contributed by atoms with Gasteiger partial charge >= 0.3 is 0 Å². The van der Waals surface area contributed by atoms with Crippen LogP contribution < -0.4 is 5.32 Å². The van der Waals surface area contributed by atoms with Gasteiger partial charge in [-0.1, -0.05) is 141 Å². The SMILES string of the molecule is CCCCCCCCCCCCCCCCCCC/C=C/CC/C=C/C(O)C(CO)NC(=O)CCC. The van der Waals surface area contributed by atoms with Crippen molar-refractivity contribution in [1.82, 2.24) is 5.32 Å². The minimum Gasteiger partial charge on any atom is -0.394 e. The van der Waals surface area contributed by atoms with Gasteiger partial charge in [-0.15, -0.1) is 0 Å². The predicted molar refractivity (Wildman–Crippen MR) is 156 cm³/mol. The molecule has 0 saturated heterocycles. The predicted octanol–water partition coefficient (Wildman–Crippen LogP) is 8.56. The van der Waals surface area contributed by atoms with Gasteiger partial charge in [0.2, 0.25) is 5.91 Å². The number of hydrogen-bond acceptors (Lipinski definition) is 3. The summed E-state index contributed by atoms with van der Waals surface area (Å²) >= 11 is 0. The topological polar surface area (TPSA) is 69.6 Å².